The van der Waals surface area contributed by atoms with Crippen molar-refractivity contribution in [3.63, 3.8) is 0 Å². The van der Waals surface area contributed by atoms with Gasteiger partial charge < -0.3 is 14.7 Å². The Morgan fingerprint density at radius 2 is 2.07 bits per heavy atom. The molecule has 6 heteroatoms. The van der Waals surface area contributed by atoms with Crippen LogP contribution in [0.15, 0.2) is 30.3 Å². The lowest BCUT2D eigenvalue weighted by molar-refractivity contribution is 0.135. The Hall–Kier alpha value is -2.62. The van der Waals surface area contributed by atoms with Crippen LogP contribution in [0.1, 0.15) is 28.8 Å². The number of methoxy groups -OCH3 is 1. The number of piperazine rings is 1. The first-order valence-corrected chi connectivity index (χ1v) is 9.66. The molecular weight excluding hydrogens is 352 g/mol. The molecule has 1 N–H and O–H groups in total. The molecule has 1 fully saturated rings. The minimum Gasteiger partial charge on any atom is -0.496 e. The summed E-state index contributed by atoms with van der Waals surface area (Å²) in [5.41, 5.74) is 3.87. The van der Waals surface area contributed by atoms with E-state index in [-0.39, 0.29) is 12.6 Å². The second-order valence-corrected chi connectivity index (χ2v) is 7.32. The van der Waals surface area contributed by atoms with E-state index in [1.54, 1.807) is 7.11 Å². The number of rotatable bonds is 6. The van der Waals surface area contributed by atoms with Crippen LogP contribution in [0.2, 0.25) is 0 Å². The zero-order chi connectivity index (χ0) is 20.1. The van der Waals surface area contributed by atoms with Gasteiger partial charge in [-0.05, 0) is 49.6 Å². The Morgan fingerprint density at radius 1 is 1.25 bits per heavy atom. The maximum absolute atomic E-state index is 9.59. The molecule has 0 unspecified atom stereocenters. The minimum absolute atomic E-state index is 0.142. The van der Waals surface area contributed by atoms with Crippen molar-refractivity contribution in [1.82, 2.24) is 9.88 Å². The summed E-state index contributed by atoms with van der Waals surface area (Å²) >= 11 is 0. The number of aryl methyl sites for hydroxylation is 2. The highest BCUT2D eigenvalue weighted by Gasteiger charge is 2.28. The Morgan fingerprint density at radius 3 is 2.75 bits per heavy atom. The highest BCUT2D eigenvalue weighted by Crippen LogP contribution is 2.25. The van der Waals surface area contributed by atoms with Gasteiger partial charge in [0.25, 0.3) is 0 Å². The van der Waals surface area contributed by atoms with Crippen LogP contribution in [0.5, 0.6) is 5.75 Å². The number of anilines is 1. The third-order valence-corrected chi connectivity index (χ3v) is 5.35. The van der Waals surface area contributed by atoms with E-state index in [0.29, 0.717) is 12.0 Å². The van der Waals surface area contributed by atoms with Gasteiger partial charge in [-0.2, -0.15) is 5.26 Å². The highest BCUT2D eigenvalue weighted by atomic mass is 16.5. The van der Waals surface area contributed by atoms with Crippen molar-refractivity contribution in [3.05, 3.63) is 52.7 Å². The molecule has 0 radical (unpaired) electrons. The summed E-state index contributed by atoms with van der Waals surface area (Å²) in [6.07, 6.45) is 0.694. The summed E-state index contributed by atoms with van der Waals surface area (Å²) in [6.45, 7) is 7.38. The average molecular weight is 380 g/mol. The van der Waals surface area contributed by atoms with Gasteiger partial charge in [-0.3, -0.25) is 4.90 Å². The molecule has 148 valence electrons. The van der Waals surface area contributed by atoms with Crippen LogP contribution < -0.4 is 9.64 Å². The first-order chi connectivity index (χ1) is 13.5. The van der Waals surface area contributed by atoms with Crippen LogP contribution in [0.25, 0.3) is 0 Å². The fourth-order valence-electron chi connectivity index (χ4n) is 3.86. The number of nitrogens with zero attached hydrogens (tertiary/aromatic N) is 4. The number of hydrogen-bond donors (Lipinski definition) is 1. The van der Waals surface area contributed by atoms with Crippen LogP contribution in [0.4, 0.5) is 5.82 Å². The molecule has 0 bridgehead atoms. The van der Waals surface area contributed by atoms with Crippen molar-refractivity contribution in [1.29, 1.82) is 5.26 Å². The normalized spacial score (nSPS) is 17.4. The van der Waals surface area contributed by atoms with E-state index in [0.717, 1.165) is 49.0 Å². The second-order valence-electron chi connectivity index (χ2n) is 7.32. The predicted molar refractivity (Wildman–Crippen MR) is 110 cm³/mol. The molecule has 1 aliphatic heterocycles. The number of aromatic nitrogens is 1. The summed E-state index contributed by atoms with van der Waals surface area (Å²) in [5, 5.41) is 19.0. The van der Waals surface area contributed by atoms with Crippen LogP contribution in [-0.2, 0) is 6.54 Å². The molecule has 2 heterocycles. The lowest BCUT2D eigenvalue weighted by Gasteiger charge is -2.42. The van der Waals surface area contributed by atoms with Crippen molar-refractivity contribution in [2.45, 2.75) is 32.9 Å². The minimum atomic E-state index is 0.142. The van der Waals surface area contributed by atoms with E-state index in [1.165, 1.54) is 5.56 Å². The number of aliphatic hydroxyl groups is 1. The van der Waals surface area contributed by atoms with Gasteiger partial charge in [-0.1, -0.05) is 12.1 Å². The van der Waals surface area contributed by atoms with Gasteiger partial charge in [-0.15, -0.1) is 0 Å². The van der Waals surface area contributed by atoms with E-state index in [4.69, 9.17) is 4.74 Å². The molecule has 0 aliphatic carbocycles. The van der Waals surface area contributed by atoms with Gasteiger partial charge in [0.2, 0.25) is 0 Å². The summed E-state index contributed by atoms with van der Waals surface area (Å²) in [4.78, 5) is 9.21. The van der Waals surface area contributed by atoms with Gasteiger partial charge in [-0.25, -0.2) is 4.98 Å². The predicted octanol–water partition coefficient (Wildman–Crippen LogP) is 2.65. The second kappa shape index (κ2) is 9.05. The van der Waals surface area contributed by atoms with Gasteiger partial charge in [0.1, 0.15) is 17.6 Å². The molecule has 1 saturated heterocycles. The van der Waals surface area contributed by atoms with Gasteiger partial charge in [0.15, 0.2) is 0 Å². The summed E-state index contributed by atoms with van der Waals surface area (Å²) in [7, 11) is 1.69. The quantitative estimate of drug-likeness (QED) is 0.831. The molecular formula is C22H28N4O2. The number of aliphatic hydroxyl groups excluding tert-OH is 1. The van der Waals surface area contributed by atoms with Gasteiger partial charge in [0, 0.05) is 44.5 Å². The van der Waals surface area contributed by atoms with Crippen molar-refractivity contribution >= 4 is 5.82 Å². The zero-order valence-electron chi connectivity index (χ0n) is 16.9. The SMILES string of the molecule is COc1ccc(CN2CCN(c3nc(C)ccc3C#N)C[C@H]2CCO)cc1C. The van der Waals surface area contributed by atoms with E-state index in [1.807, 2.05) is 25.1 Å². The van der Waals surface area contributed by atoms with Crippen molar-refractivity contribution < 1.29 is 9.84 Å². The molecule has 6 nitrogen and oxygen atoms in total. The first-order valence-electron chi connectivity index (χ1n) is 9.66. The molecule has 0 spiro atoms. The summed E-state index contributed by atoms with van der Waals surface area (Å²) < 4.78 is 5.36. The third-order valence-electron chi connectivity index (χ3n) is 5.35. The molecule has 0 saturated carbocycles. The number of ether oxygens (including phenoxy) is 1. The Labute approximate surface area is 167 Å². The maximum Gasteiger partial charge on any atom is 0.146 e. The lowest BCUT2D eigenvalue weighted by Crippen LogP contribution is -2.53. The first kappa shape index (κ1) is 20.1. The number of nitriles is 1. The summed E-state index contributed by atoms with van der Waals surface area (Å²) in [5.74, 6) is 1.65. The smallest absolute Gasteiger partial charge is 0.146 e. The number of pyridine rings is 1. The third kappa shape index (κ3) is 4.44. The van der Waals surface area contributed by atoms with Crippen LogP contribution in [-0.4, -0.2) is 54.4 Å². The van der Waals surface area contributed by atoms with E-state index >= 15 is 0 Å². The fraction of sp³-hybridized carbons (Fsp3) is 0.455. The van der Waals surface area contributed by atoms with Crippen molar-refractivity contribution in [2.75, 3.05) is 38.3 Å². The molecule has 0 amide bonds. The van der Waals surface area contributed by atoms with Crippen LogP contribution in [0.3, 0.4) is 0 Å². The molecule has 1 aromatic carbocycles. The fourth-order valence-corrected chi connectivity index (χ4v) is 3.86. The highest BCUT2D eigenvalue weighted by molar-refractivity contribution is 5.54. The Kier molecular flexibility index (Phi) is 6.50. The number of hydrogen-bond acceptors (Lipinski definition) is 6. The van der Waals surface area contributed by atoms with Crippen LogP contribution in [0, 0.1) is 25.2 Å². The molecule has 28 heavy (non-hydrogen) atoms. The maximum atomic E-state index is 9.59. The Balaban J connectivity index is 1.77. The van der Waals surface area contributed by atoms with E-state index < -0.39 is 0 Å². The van der Waals surface area contributed by atoms with E-state index in [9.17, 15) is 10.4 Å². The van der Waals surface area contributed by atoms with Crippen molar-refractivity contribution in [3.8, 4) is 11.8 Å². The lowest BCUT2D eigenvalue weighted by atomic mass is 10.0. The van der Waals surface area contributed by atoms with Gasteiger partial charge in [0.05, 0.1) is 12.7 Å². The molecule has 1 aliphatic rings. The van der Waals surface area contributed by atoms with E-state index in [2.05, 4.69) is 39.9 Å². The topological polar surface area (TPSA) is 72.6 Å². The van der Waals surface area contributed by atoms with Crippen molar-refractivity contribution in [2.24, 2.45) is 0 Å². The molecule has 1 aromatic heterocycles. The summed E-state index contributed by atoms with van der Waals surface area (Å²) in [6, 6.07) is 12.4. The number of benzene rings is 1. The molecule has 2 aromatic rings. The Bertz CT molecular complexity index is 862. The van der Waals surface area contributed by atoms with Gasteiger partial charge >= 0.3 is 0 Å². The largest absolute Gasteiger partial charge is 0.496 e. The van der Waals surface area contributed by atoms with Crippen LogP contribution >= 0.6 is 0 Å². The molecule has 3 rings (SSSR count). The monoisotopic (exact) mass is 380 g/mol. The zero-order valence-corrected chi connectivity index (χ0v) is 16.9. The standard InChI is InChI=1S/C22H28N4O2/c1-16-12-18(5-7-21(16)28-3)14-25-9-10-26(15-20(25)8-11-27)22-19(13-23)6-4-17(2)24-22/h4-7,12,20,27H,8-11,14-15H2,1-3H3/t20-/m1/s1. The molecule has 1 atom stereocenters. The average Bonchev–Trinajstić information content (AvgIpc) is 2.69.